The molecule has 0 saturated heterocycles. The van der Waals surface area contributed by atoms with Gasteiger partial charge in [0.15, 0.2) is 5.82 Å². The Balaban J connectivity index is 1.78. The van der Waals surface area contributed by atoms with Crippen LogP contribution in [-0.2, 0) is 0 Å². The van der Waals surface area contributed by atoms with Gasteiger partial charge in [-0.25, -0.2) is 8.78 Å². The summed E-state index contributed by atoms with van der Waals surface area (Å²) < 4.78 is 27.6. The van der Waals surface area contributed by atoms with Gasteiger partial charge in [-0.05, 0) is 42.8 Å². The second kappa shape index (κ2) is 5.94. The van der Waals surface area contributed by atoms with E-state index in [9.17, 15) is 8.78 Å². The molecule has 5 nitrogen and oxygen atoms in total. The maximum absolute atomic E-state index is 14.4. The van der Waals surface area contributed by atoms with Crippen molar-refractivity contribution in [3.8, 4) is 11.4 Å². The summed E-state index contributed by atoms with van der Waals surface area (Å²) in [6.07, 6.45) is 3.43. The number of nitrogens with zero attached hydrogens (tertiary/aromatic N) is 3. The molecule has 2 aromatic heterocycles. The zero-order valence-corrected chi connectivity index (χ0v) is 13.2. The molecule has 0 amide bonds. The lowest BCUT2D eigenvalue weighted by atomic mass is 10.1. The van der Waals surface area contributed by atoms with Gasteiger partial charge in [0.2, 0.25) is 0 Å². The van der Waals surface area contributed by atoms with Gasteiger partial charge >= 0.3 is 0 Å². The number of benzene rings is 2. The summed E-state index contributed by atoms with van der Waals surface area (Å²) >= 11 is 0. The van der Waals surface area contributed by atoms with Crippen molar-refractivity contribution in [2.45, 2.75) is 6.92 Å². The lowest BCUT2D eigenvalue weighted by molar-refractivity contribution is 0.627. The van der Waals surface area contributed by atoms with Crippen LogP contribution in [-0.4, -0.2) is 25.4 Å². The lowest BCUT2D eigenvalue weighted by Gasteiger charge is -1.99. The lowest BCUT2D eigenvalue weighted by Crippen LogP contribution is -1.85. The van der Waals surface area contributed by atoms with E-state index in [1.807, 2.05) is 0 Å². The van der Waals surface area contributed by atoms with E-state index in [0.717, 1.165) is 0 Å². The first-order chi connectivity index (χ1) is 12.1. The molecule has 2 aromatic carbocycles. The van der Waals surface area contributed by atoms with Gasteiger partial charge in [-0.15, -0.1) is 10.2 Å². The fourth-order valence-electron chi connectivity index (χ4n) is 2.62. The first-order valence-corrected chi connectivity index (χ1v) is 7.61. The van der Waals surface area contributed by atoms with Crippen molar-refractivity contribution < 1.29 is 8.78 Å². The molecule has 0 aliphatic carbocycles. The Morgan fingerprint density at radius 3 is 2.68 bits per heavy atom. The Hall–Kier alpha value is -3.35. The van der Waals surface area contributed by atoms with Crippen LogP contribution in [0.2, 0.25) is 0 Å². The molecule has 0 fully saturated rings. The number of nitrogens with one attached hydrogen (secondary N) is 2. The summed E-state index contributed by atoms with van der Waals surface area (Å²) in [5.41, 5.74) is 2.13. The molecule has 4 aromatic rings. The second-order valence-electron chi connectivity index (χ2n) is 5.64. The Morgan fingerprint density at radius 2 is 1.92 bits per heavy atom. The number of aromatic amines is 2. The van der Waals surface area contributed by atoms with Crippen LogP contribution in [0.3, 0.4) is 0 Å². The van der Waals surface area contributed by atoms with Crippen LogP contribution < -0.4 is 0 Å². The van der Waals surface area contributed by atoms with Gasteiger partial charge in [-0.2, -0.15) is 5.10 Å². The number of rotatable bonds is 3. The number of halogens is 2. The fraction of sp³-hybridized carbons (Fsp3) is 0.0556. The molecule has 0 unspecified atom stereocenters. The normalized spacial score (nSPS) is 11.6. The van der Waals surface area contributed by atoms with Crippen LogP contribution in [0.25, 0.3) is 34.4 Å². The third-order valence-electron chi connectivity index (χ3n) is 3.81. The summed E-state index contributed by atoms with van der Waals surface area (Å²) in [4.78, 5) is 2.98. The fourth-order valence-corrected chi connectivity index (χ4v) is 2.62. The summed E-state index contributed by atoms with van der Waals surface area (Å²) in [5, 5.41) is 15.3. The smallest absolute Gasteiger partial charge is 0.161 e. The third-order valence-corrected chi connectivity index (χ3v) is 3.81. The number of hydrogen-bond donors (Lipinski definition) is 2. The van der Waals surface area contributed by atoms with E-state index in [-0.39, 0.29) is 5.82 Å². The van der Waals surface area contributed by atoms with Crippen LogP contribution >= 0.6 is 0 Å². The molecule has 0 bridgehead atoms. The summed E-state index contributed by atoms with van der Waals surface area (Å²) in [7, 11) is 0. The number of aromatic nitrogens is 5. The molecule has 2 heterocycles. The van der Waals surface area contributed by atoms with Gasteiger partial charge in [0, 0.05) is 10.9 Å². The Morgan fingerprint density at radius 1 is 1.04 bits per heavy atom. The van der Waals surface area contributed by atoms with Crippen LogP contribution in [0.1, 0.15) is 17.1 Å². The van der Waals surface area contributed by atoms with E-state index in [0.29, 0.717) is 39.4 Å². The Kier molecular flexibility index (Phi) is 3.61. The summed E-state index contributed by atoms with van der Waals surface area (Å²) in [6, 6.07) is 9.35. The van der Waals surface area contributed by atoms with Crippen LogP contribution in [0.4, 0.5) is 8.78 Å². The predicted octanol–water partition coefficient (Wildman–Crippen LogP) is 4.11. The zero-order valence-electron chi connectivity index (χ0n) is 13.2. The van der Waals surface area contributed by atoms with Crippen molar-refractivity contribution >= 4 is 23.1 Å². The monoisotopic (exact) mass is 337 g/mol. The minimum Gasteiger partial charge on any atom is -0.325 e. The SMILES string of the molecule is Cc1nnc(-c2cc(F)c3[nH]nc(/C=C/c4cccc(F)c4)c3c2)[nH]1. The van der Waals surface area contributed by atoms with Crippen LogP contribution in [0.5, 0.6) is 0 Å². The summed E-state index contributed by atoms with van der Waals surface area (Å²) in [6.45, 7) is 1.77. The predicted molar refractivity (Wildman–Crippen MR) is 91.5 cm³/mol. The van der Waals surface area contributed by atoms with Gasteiger partial charge in [0.25, 0.3) is 0 Å². The van der Waals surface area contributed by atoms with Gasteiger partial charge < -0.3 is 4.98 Å². The molecule has 2 N–H and O–H groups in total. The van der Waals surface area contributed by atoms with E-state index in [1.54, 1.807) is 37.3 Å². The van der Waals surface area contributed by atoms with Crippen molar-refractivity contribution in [3.63, 3.8) is 0 Å². The molecule has 7 heteroatoms. The van der Waals surface area contributed by atoms with E-state index in [1.165, 1.54) is 18.2 Å². The maximum Gasteiger partial charge on any atom is 0.161 e. The van der Waals surface area contributed by atoms with Gasteiger partial charge in [-0.1, -0.05) is 18.2 Å². The van der Waals surface area contributed by atoms with Gasteiger partial charge in [0.1, 0.15) is 23.0 Å². The highest BCUT2D eigenvalue weighted by Gasteiger charge is 2.13. The minimum absolute atomic E-state index is 0.305. The highest BCUT2D eigenvalue weighted by atomic mass is 19.1. The average molecular weight is 337 g/mol. The number of H-pyrrole nitrogens is 2. The molecule has 0 atom stereocenters. The highest BCUT2D eigenvalue weighted by molar-refractivity contribution is 5.92. The molecule has 0 aliphatic heterocycles. The largest absolute Gasteiger partial charge is 0.325 e. The molecule has 0 radical (unpaired) electrons. The molecule has 124 valence electrons. The Bertz CT molecular complexity index is 1090. The molecule has 25 heavy (non-hydrogen) atoms. The van der Waals surface area contributed by atoms with Crippen molar-refractivity contribution in [3.05, 3.63) is 65.1 Å². The van der Waals surface area contributed by atoms with Crippen molar-refractivity contribution in [2.24, 2.45) is 0 Å². The molecule has 0 aliphatic rings. The van der Waals surface area contributed by atoms with Crippen molar-refractivity contribution in [1.29, 1.82) is 0 Å². The molecular formula is C18H13F2N5. The van der Waals surface area contributed by atoms with Gasteiger partial charge in [-0.3, -0.25) is 5.10 Å². The Labute approximate surface area is 141 Å². The van der Waals surface area contributed by atoms with Crippen LogP contribution in [0.15, 0.2) is 36.4 Å². The first kappa shape index (κ1) is 15.2. The molecule has 4 rings (SSSR count). The second-order valence-corrected chi connectivity index (χ2v) is 5.64. The van der Waals surface area contributed by atoms with E-state index < -0.39 is 5.82 Å². The quantitative estimate of drug-likeness (QED) is 0.591. The van der Waals surface area contributed by atoms with Gasteiger partial charge in [0.05, 0.1) is 5.69 Å². The van der Waals surface area contributed by atoms with E-state index in [4.69, 9.17) is 0 Å². The third kappa shape index (κ3) is 2.91. The van der Waals surface area contributed by atoms with Crippen molar-refractivity contribution in [2.75, 3.05) is 0 Å². The minimum atomic E-state index is -0.431. The topological polar surface area (TPSA) is 70.2 Å². The zero-order chi connectivity index (χ0) is 17.4. The standard InChI is InChI=1S/C18H13F2N5/c1-10-21-18(25-22-10)12-8-14-16(23-24-17(14)15(20)9-12)6-5-11-3-2-4-13(19)7-11/h2-9H,1H3,(H,23,24)(H,21,22,25)/b6-5+. The van der Waals surface area contributed by atoms with E-state index >= 15 is 0 Å². The molecule has 0 saturated carbocycles. The van der Waals surface area contributed by atoms with Crippen molar-refractivity contribution in [1.82, 2.24) is 25.4 Å². The number of aryl methyl sites for hydroxylation is 1. The number of fused-ring (bicyclic) bond motifs is 1. The number of hydrogen-bond acceptors (Lipinski definition) is 3. The molecule has 0 spiro atoms. The maximum atomic E-state index is 14.4. The average Bonchev–Trinajstić information content (AvgIpc) is 3.19. The van der Waals surface area contributed by atoms with Crippen LogP contribution in [0, 0.1) is 18.6 Å². The van der Waals surface area contributed by atoms with E-state index in [2.05, 4.69) is 25.4 Å². The first-order valence-electron chi connectivity index (χ1n) is 7.61. The highest BCUT2D eigenvalue weighted by Crippen LogP contribution is 2.27. The summed E-state index contributed by atoms with van der Waals surface area (Å²) in [5.74, 6) is 0.385. The molecular weight excluding hydrogens is 324 g/mol.